The van der Waals surface area contributed by atoms with E-state index in [1.165, 1.54) is 0 Å². The molecule has 0 saturated heterocycles. The quantitative estimate of drug-likeness (QED) is 0.303. The number of amides is 1. The second kappa shape index (κ2) is 8.91. The summed E-state index contributed by atoms with van der Waals surface area (Å²) in [6.45, 7) is 3.67. The molecule has 0 fully saturated rings. The van der Waals surface area contributed by atoms with E-state index in [4.69, 9.17) is 32.4 Å². The van der Waals surface area contributed by atoms with Crippen LogP contribution in [0.4, 0.5) is 5.69 Å². The van der Waals surface area contributed by atoms with Gasteiger partial charge >= 0.3 is 0 Å². The van der Waals surface area contributed by atoms with Crippen LogP contribution < -0.4 is 10.1 Å². The number of anilines is 1. The van der Waals surface area contributed by atoms with E-state index in [-0.39, 0.29) is 12.5 Å². The summed E-state index contributed by atoms with van der Waals surface area (Å²) < 4.78 is 12.3. The molecule has 0 aliphatic heterocycles. The van der Waals surface area contributed by atoms with Crippen LogP contribution in [0.2, 0.25) is 10.0 Å². The number of benzene rings is 3. The molecule has 1 amide bonds. The summed E-state index contributed by atoms with van der Waals surface area (Å²) in [6, 6.07) is 14.4. The SMILES string of the molecule is Cc1cc(C)c(OCC(=O)Nc2ccc3oc(-c4cc(Br)ccc4Cl)nc3c2)c(Cl)c1. The summed E-state index contributed by atoms with van der Waals surface area (Å²) >= 11 is 15.9. The van der Waals surface area contributed by atoms with Gasteiger partial charge in [0.1, 0.15) is 11.3 Å². The molecule has 0 radical (unpaired) electrons. The molecule has 1 N–H and O–H groups in total. The van der Waals surface area contributed by atoms with Crippen LogP contribution in [0.3, 0.4) is 0 Å². The van der Waals surface area contributed by atoms with E-state index in [1.54, 1.807) is 30.3 Å². The lowest BCUT2D eigenvalue weighted by Gasteiger charge is -2.12. The van der Waals surface area contributed by atoms with Crippen molar-refractivity contribution in [1.82, 2.24) is 4.98 Å². The van der Waals surface area contributed by atoms with E-state index in [0.717, 1.165) is 15.6 Å². The third-order valence-electron chi connectivity index (χ3n) is 4.55. The Balaban J connectivity index is 1.49. The van der Waals surface area contributed by atoms with Crippen molar-refractivity contribution in [3.05, 3.63) is 74.2 Å². The second-order valence-electron chi connectivity index (χ2n) is 7.06. The summed E-state index contributed by atoms with van der Waals surface area (Å²) in [5.41, 5.74) is 4.35. The number of fused-ring (bicyclic) bond motifs is 1. The number of nitrogens with one attached hydrogen (secondary N) is 1. The fourth-order valence-electron chi connectivity index (χ4n) is 3.20. The first-order valence-electron chi connectivity index (χ1n) is 9.35. The fraction of sp³-hybridized carbons (Fsp3) is 0.130. The zero-order chi connectivity index (χ0) is 22.1. The summed E-state index contributed by atoms with van der Waals surface area (Å²) in [5.74, 6) is 0.594. The van der Waals surface area contributed by atoms with Crippen molar-refractivity contribution in [3.8, 4) is 17.2 Å². The average Bonchev–Trinajstić information content (AvgIpc) is 3.12. The highest BCUT2D eigenvalue weighted by Gasteiger charge is 2.14. The van der Waals surface area contributed by atoms with E-state index in [0.29, 0.717) is 44.0 Å². The Hall–Kier alpha value is -2.54. The summed E-state index contributed by atoms with van der Waals surface area (Å²) in [7, 11) is 0. The molecule has 1 heterocycles. The van der Waals surface area contributed by atoms with E-state index < -0.39 is 0 Å². The molecule has 8 heteroatoms. The molecule has 1 aromatic heterocycles. The number of hydrogen-bond donors (Lipinski definition) is 1. The van der Waals surface area contributed by atoms with Crippen LogP contribution in [0.5, 0.6) is 5.75 Å². The van der Waals surface area contributed by atoms with Gasteiger partial charge in [0.05, 0.1) is 15.6 Å². The summed E-state index contributed by atoms with van der Waals surface area (Å²) in [6.07, 6.45) is 0. The van der Waals surface area contributed by atoms with Crippen LogP contribution in [-0.2, 0) is 4.79 Å². The highest BCUT2D eigenvalue weighted by molar-refractivity contribution is 9.10. The molecule has 0 saturated carbocycles. The van der Waals surface area contributed by atoms with Gasteiger partial charge in [0.15, 0.2) is 12.2 Å². The number of rotatable bonds is 5. The molecule has 0 bridgehead atoms. The number of ether oxygens (including phenoxy) is 1. The highest BCUT2D eigenvalue weighted by Crippen LogP contribution is 2.33. The molecular formula is C23H17BrCl2N2O3. The Morgan fingerprint density at radius 2 is 1.90 bits per heavy atom. The Morgan fingerprint density at radius 1 is 1.10 bits per heavy atom. The summed E-state index contributed by atoms with van der Waals surface area (Å²) in [5, 5.41) is 3.81. The number of nitrogens with zero attached hydrogens (tertiary/aromatic N) is 1. The van der Waals surface area contributed by atoms with Crippen LogP contribution in [0.15, 0.2) is 57.4 Å². The average molecular weight is 520 g/mol. The highest BCUT2D eigenvalue weighted by atomic mass is 79.9. The normalized spacial score (nSPS) is 11.0. The van der Waals surface area contributed by atoms with Gasteiger partial charge in [-0.25, -0.2) is 4.98 Å². The zero-order valence-corrected chi connectivity index (χ0v) is 19.7. The third-order valence-corrected chi connectivity index (χ3v) is 5.65. The molecule has 0 spiro atoms. The topological polar surface area (TPSA) is 64.4 Å². The number of carbonyl (C=O) groups excluding carboxylic acids is 1. The van der Waals surface area contributed by atoms with Gasteiger partial charge in [-0.3, -0.25) is 4.79 Å². The predicted octanol–water partition coefficient (Wildman–Crippen LogP) is 7.20. The number of aromatic nitrogens is 1. The minimum atomic E-state index is -0.311. The van der Waals surface area contributed by atoms with Crippen LogP contribution in [-0.4, -0.2) is 17.5 Å². The van der Waals surface area contributed by atoms with Gasteiger partial charge in [-0.05, 0) is 67.4 Å². The first-order valence-corrected chi connectivity index (χ1v) is 10.9. The van der Waals surface area contributed by atoms with Gasteiger partial charge in [0.25, 0.3) is 5.91 Å². The molecule has 31 heavy (non-hydrogen) atoms. The van der Waals surface area contributed by atoms with Gasteiger partial charge in [-0.15, -0.1) is 0 Å². The molecule has 5 nitrogen and oxygen atoms in total. The van der Waals surface area contributed by atoms with Crippen molar-refractivity contribution in [3.63, 3.8) is 0 Å². The zero-order valence-electron chi connectivity index (χ0n) is 16.6. The molecule has 0 aliphatic rings. The Labute approximate surface area is 197 Å². The van der Waals surface area contributed by atoms with Crippen molar-refractivity contribution in [2.45, 2.75) is 13.8 Å². The number of oxazole rings is 1. The van der Waals surface area contributed by atoms with Crippen molar-refractivity contribution in [2.75, 3.05) is 11.9 Å². The molecular weight excluding hydrogens is 503 g/mol. The lowest BCUT2D eigenvalue weighted by Crippen LogP contribution is -2.20. The lowest BCUT2D eigenvalue weighted by molar-refractivity contribution is -0.118. The van der Waals surface area contributed by atoms with Crippen molar-refractivity contribution >= 4 is 61.8 Å². The van der Waals surface area contributed by atoms with Crippen molar-refractivity contribution < 1.29 is 13.9 Å². The maximum atomic E-state index is 12.4. The molecule has 3 aromatic carbocycles. The van der Waals surface area contributed by atoms with Gasteiger partial charge < -0.3 is 14.5 Å². The smallest absolute Gasteiger partial charge is 0.262 e. The van der Waals surface area contributed by atoms with Crippen LogP contribution in [0.25, 0.3) is 22.6 Å². The number of hydrogen-bond acceptors (Lipinski definition) is 4. The number of aryl methyl sites for hydroxylation is 2. The fourth-order valence-corrected chi connectivity index (χ4v) is 4.14. The van der Waals surface area contributed by atoms with E-state index in [2.05, 4.69) is 26.2 Å². The lowest BCUT2D eigenvalue weighted by atomic mass is 10.1. The van der Waals surface area contributed by atoms with Gasteiger partial charge in [0.2, 0.25) is 5.89 Å². The third kappa shape index (κ3) is 4.87. The molecule has 4 aromatic rings. The van der Waals surface area contributed by atoms with E-state index >= 15 is 0 Å². The first kappa shape index (κ1) is 21.7. The second-order valence-corrected chi connectivity index (χ2v) is 8.79. The van der Waals surface area contributed by atoms with Gasteiger partial charge in [-0.2, -0.15) is 0 Å². The van der Waals surface area contributed by atoms with Crippen LogP contribution in [0.1, 0.15) is 11.1 Å². The number of halogens is 3. The maximum absolute atomic E-state index is 12.4. The number of carbonyl (C=O) groups is 1. The largest absolute Gasteiger partial charge is 0.482 e. The van der Waals surface area contributed by atoms with Crippen LogP contribution >= 0.6 is 39.1 Å². The molecule has 4 rings (SSSR count). The van der Waals surface area contributed by atoms with E-state index in [1.807, 2.05) is 32.0 Å². The summed E-state index contributed by atoms with van der Waals surface area (Å²) in [4.78, 5) is 16.9. The Kier molecular flexibility index (Phi) is 6.23. The minimum Gasteiger partial charge on any atom is -0.482 e. The minimum absolute atomic E-state index is 0.167. The van der Waals surface area contributed by atoms with Crippen LogP contribution in [0, 0.1) is 13.8 Å². The standard InChI is InChI=1S/C23H17BrCl2N2O3/c1-12-7-13(2)22(18(26)8-12)30-11-21(29)27-15-4-6-20-19(10-15)28-23(31-20)16-9-14(24)3-5-17(16)25/h3-10H,11H2,1-2H3,(H,27,29). The van der Waals surface area contributed by atoms with Gasteiger partial charge in [0, 0.05) is 10.2 Å². The van der Waals surface area contributed by atoms with Gasteiger partial charge in [-0.1, -0.05) is 45.2 Å². The predicted molar refractivity (Wildman–Crippen MR) is 127 cm³/mol. The molecule has 158 valence electrons. The van der Waals surface area contributed by atoms with Crippen molar-refractivity contribution in [1.29, 1.82) is 0 Å². The first-order chi connectivity index (χ1) is 14.8. The maximum Gasteiger partial charge on any atom is 0.262 e. The molecule has 0 unspecified atom stereocenters. The Bertz CT molecular complexity index is 1280. The molecule has 0 atom stereocenters. The molecule has 0 aliphatic carbocycles. The monoisotopic (exact) mass is 518 g/mol. The van der Waals surface area contributed by atoms with E-state index in [9.17, 15) is 4.79 Å². The Morgan fingerprint density at radius 3 is 2.68 bits per heavy atom. The van der Waals surface area contributed by atoms with Crippen molar-refractivity contribution in [2.24, 2.45) is 0 Å².